The summed E-state index contributed by atoms with van der Waals surface area (Å²) in [6.45, 7) is 2.66. The van der Waals surface area contributed by atoms with E-state index in [1.807, 2.05) is 40.5 Å². The molecule has 5 heteroatoms. The van der Waals surface area contributed by atoms with Crippen LogP contribution in [0.3, 0.4) is 0 Å². The molecule has 1 fully saturated rings. The van der Waals surface area contributed by atoms with Gasteiger partial charge in [0.2, 0.25) is 0 Å². The molecule has 3 heterocycles. The second-order valence-electron chi connectivity index (χ2n) is 6.59. The van der Waals surface area contributed by atoms with Crippen LogP contribution in [0.25, 0.3) is 5.65 Å². The molecule has 25 heavy (non-hydrogen) atoms. The van der Waals surface area contributed by atoms with Gasteiger partial charge in [-0.2, -0.15) is 0 Å². The monoisotopic (exact) mass is 337 g/mol. The molecule has 0 unspecified atom stereocenters. The predicted octanol–water partition coefficient (Wildman–Crippen LogP) is 4.15. The fraction of sp³-hybridized carbons (Fsp3) is 0.300. The molecule has 0 bridgehead atoms. The van der Waals surface area contributed by atoms with Crippen molar-refractivity contribution in [1.29, 1.82) is 0 Å². The van der Waals surface area contributed by atoms with Crippen LogP contribution in [0.1, 0.15) is 47.1 Å². The number of carbonyl (C=O) groups is 1. The van der Waals surface area contributed by atoms with Gasteiger partial charge in [0.1, 0.15) is 17.2 Å². The van der Waals surface area contributed by atoms with E-state index in [-0.39, 0.29) is 17.8 Å². The molecular weight excluding hydrogens is 317 g/mol. The molecule has 3 aromatic rings. The van der Waals surface area contributed by atoms with Crippen LogP contribution in [-0.4, -0.2) is 26.7 Å². The van der Waals surface area contributed by atoms with E-state index in [0.717, 1.165) is 36.2 Å². The van der Waals surface area contributed by atoms with Crippen LogP contribution >= 0.6 is 0 Å². The first kappa shape index (κ1) is 15.8. The number of benzene rings is 1. The zero-order valence-electron chi connectivity index (χ0n) is 14.2. The SMILES string of the molecule is Cc1cccc2nc(C(=O)N3CCCC[C@H]3c3cccc(F)c3)cn12. The minimum Gasteiger partial charge on any atom is -0.330 e. The second-order valence-corrected chi connectivity index (χ2v) is 6.59. The lowest BCUT2D eigenvalue weighted by Crippen LogP contribution is -2.38. The summed E-state index contributed by atoms with van der Waals surface area (Å²) in [4.78, 5) is 19.4. The molecule has 4 nitrogen and oxygen atoms in total. The second kappa shape index (κ2) is 6.31. The topological polar surface area (TPSA) is 37.6 Å². The predicted molar refractivity (Wildman–Crippen MR) is 94.0 cm³/mol. The summed E-state index contributed by atoms with van der Waals surface area (Å²) in [5, 5.41) is 0. The molecule has 0 spiro atoms. The number of hydrogen-bond donors (Lipinski definition) is 0. The van der Waals surface area contributed by atoms with E-state index >= 15 is 0 Å². The standard InChI is InChI=1S/C20H20FN3O/c1-14-6-4-10-19-22-17(13-24(14)19)20(25)23-11-3-2-9-18(23)15-7-5-8-16(21)12-15/h4-8,10,12-13,18H,2-3,9,11H2,1H3/t18-/m0/s1. The van der Waals surface area contributed by atoms with Crippen molar-refractivity contribution in [2.24, 2.45) is 0 Å². The minimum absolute atomic E-state index is 0.0861. The molecule has 1 aliphatic heterocycles. The first-order valence-electron chi connectivity index (χ1n) is 8.64. The lowest BCUT2D eigenvalue weighted by Gasteiger charge is -2.35. The molecule has 1 aromatic carbocycles. The van der Waals surface area contributed by atoms with E-state index in [2.05, 4.69) is 4.98 Å². The van der Waals surface area contributed by atoms with E-state index in [9.17, 15) is 9.18 Å². The molecule has 1 saturated heterocycles. The Morgan fingerprint density at radius 3 is 2.84 bits per heavy atom. The number of imidazole rings is 1. The highest BCUT2D eigenvalue weighted by Crippen LogP contribution is 2.32. The molecule has 0 saturated carbocycles. The lowest BCUT2D eigenvalue weighted by atomic mass is 9.95. The van der Waals surface area contributed by atoms with E-state index in [0.29, 0.717) is 12.2 Å². The smallest absolute Gasteiger partial charge is 0.274 e. The lowest BCUT2D eigenvalue weighted by molar-refractivity contribution is 0.0605. The largest absolute Gasteiger partial charge is 0.330 e. The normalized spacial score (nSPS) is 17.8. The number of nitrogens with zero attached hydrogens (tertiary/aromatic N) is 3. The first-order valence-corrected chi connectivity index (χ1v) is 8.64. The van der Waals surface area contributed by atoms with Gasteiger partial charge in [-0.3, -0.25) is 4.79 Å². The number of fused-ring (bicyclic) bond motifs is 1. The van der Waals surface area contributed by atoms with Gasteiger partial charge in [0.25, 0.3) is 5.91 Å². The van der Waals surface area contributed by atoms with Crippen LogP contribution in [0.4, 0.5) is 4.39 Å². The summed E-state index contributed by atoms with van der Waals surface area (Å²) in [5.74, 6) is -0.351. The van der Waals surface area contributed by atoms with Gasteiger partial charge in [-0.25, -0.2) is 9.37 Å². The quantitative estimate of drug-likeness (QED) is 0.704. The van der Waals surface area contributed by atoms with Crippen LogP contribution in [0.15, 0.2) is 48.7 Å². The Morgan fingerprint density at radius 2 is 2.04 bits per heavy atom. The Balaban J connectivity index is 1.69. The van der Waals surface area contributed by atoms with Gasteiger partial charge in [0.15, 0.2) is 0 Å². The van der Waals surface area contributed by atoms with Crippen molar-refractivity contribution in [3.63, 3.8) is 0 Å². The first-order chi connectivity index (χ1) is 12.1. The van der Waals surface area contributed by atoms with Crippen LogP contribution in [0.2, 0.25) is 0 Å². The third kappa shape index (κ3) is 2.90. The highest BCUT2D eigenvalue weighted by molar-refractivity contribution is 5.93. The minimum atomic E-state index is -0.265. The summed E-state index contributed by atoms with van der Waals surface area (Å²) in [6.07, 6.45) is 4.64. The van der Waals surface area contributed by atoms with Crippen molar-refractivity contribution in [1.82, 2.24) is 14.3 Å². The van der Waals surface area contributed by atoms with Crippen molar-refractivity contribution in [3.05, 3.63) is 71.4 Å². The Labute approximate surface area is 145 Å². The fourth-order valence-corrected chi connectivity index (χ4v) is 3.63. The maximum atomic E-state index is 13.6. The van der Waals surface area contributed by atoms with Gasteiger partial charge >= 0.3 is 0 Å². The molecule has 1 amide bonds. The number of likely N-dealkylation sites (tertiary alicyclic amines) is 1. The zero-order valence-corrected chi connectivity index (χ0v) is 14.2. The average molecular weight is 337 g/mol. The highest BCUT2D eigenvalue weighted by Gasteiger charge is 2.30. The number of aryl methyl sites for hydroxylation is 1. The fourth-order valence-electron chi connectivity index (χ4n) is 3.63. The van der Waals surface area contributed by atoms with Gasteiger partial charge in [0.05, 0.1) is 6.04 Å². The number of halogens is 1. The van der Waals surface area contributed by atoms with Crippen LogP contribution in [-0.2, 0) is 0 Å². The van der Waals surface area contributed by atoms with E-state index in [1.165, 1.54) is 12.1 Å². The van der Waals surface area contributed by atoms with Crippen molar-refractivity contribution in [2.45, 2.75) is 32.2 Å². The average Bonchev–Trinajstić information content (AvgIpc) is 3.07. The Kier molecular flexibility index (Phi) is 3.99. The van der Waals surface area contributed by atoms with E-state index < -0.39 is 0 Å². The van der Waals surface area contributed by atoms with Crippen molar-refractivity contribution < 1.29 is 9.18 Å². The maximum absolute atomic E-state index is 13.6. The van der Waals surface area contributed by atoms with Gasteiger partial charge in [0, 0.05) is 18.4 Å². The number of amides is 1. The summed E-state index contributed by atoms with van der Waals surface area (Å²) in [6, 6.07) is 12.3. The number of aromatic nitrogens is 2. The Hall–Kier alpha value is -2.69. The van der Waals surface area contributed by atoms with Crippen LogP contribution < -0.4 is 0 Å². The molecule has 128 valence electrons. The van der Waals surface area contributed by atoms with E-state index in [4.69, 9.17) is 0 Å². The van der Waals surface area contributed by atoms with Crippen molar-refractivity contribution >= 4 is 11.6 Å². The molecule has 1 atom stereocenters. The molecular formula is C20H20FN3O. The number of piperidine rings is 1. The molecule has 1 aliphatic rings. The number of carbonyl (C=O) groups excluding carboxylic acids is 1. The Bertz CT molecular complexity index is 934. The molecule has 0 N–H and O–H groups in total. The summed E-state index contributed by atoms with van der Waals surface area (Å²) < 4.78 is 15.6. The molecule has 0 radical (unpaired) electrons. The third-order valence-corrected chi connectivity index (χ3v) is 4.91. The van der Waals surface area contributed by atoms with Crippen molar-refractivity contribution in [3.8, 4) is 0 Å². The molecule has 2 aromatic heterocycles. The van der Waals surface area contributed by atoms with Crippen LogP contribution in [0.5, 0.6) is 0 Å². The van der Waals surface area contributed by atoms with Gasteiger partial charge in [-0.1, -0.05) is 18.2 Å². The summed E-state index contributed by atoms with van der Waals surface area (Å²) in [7, 11) is 0. The van der Waals surface area contributed by atoms with Gasteiger partial charge in [-0.15, -0.1) is 0 Å². The van der Waals surface area contributed by atoms with E-state index in [1.54, 1.807) is 12.3 Å². The molecule has 0 aliphatic carbocycles. The highest BCUT2D eigenvalue weighted by atomic mass is 19.1. The maximum Gasteiger partial charge on any atom is 0.274 e. The number of rotatable bonds is 2. The molecule has 4 rings (SSSR count). The summed E-state index contributed by atoms with van der Waals surface area (Å²) >= 11 is 0. The van der Waals surface area contributed by atoms with Crippen LogP contribution in [0, 0.1) is 12.7 Å². The Morgan fingerprint density at radius 1 is 1.20 bits per heavy atom. The number of pyridine rings is 1. The van der Waals surface area contributed by atoms with Gasteiger partial charge in [-0.05, 0) is 56.0 Å². The zero-order chi connectivity index (χ0) is 17.4. The number of hydrogen-bond acceptors (Lipinski definition) is 2. The van der Waals surface area contributed by atoms with Crippen molar-refractivity contribution in [2.75, 3.05) is 6.54 Å². The summed E-state index contributed by atoms with van der Waals surface area (Å²) in [5.41, 5.74) is 3.10. The third-order valence-electron chi connectivity index (χ3n) is 4.91. The van der Waals surface area contributed by atoms with Gasteiger partial charge < -0.3 is 9.30 Å².